The highest BCUT2D eigenvalue weighted by molar-refractivity contribution is 8.14. The van der Waals surface area contributed by atoms with Crippen molar-refractivity contribution >= 4 is 22.6 Å². The standard InChI is InChI=1S/C11H11N3O2S/c15-14(16)9-3-1-2-8(6-9)10-7-13-4-5-17-11(13)12-10/h1-3,6,10H,4-5,7H2/t10-/m0/s1. The topological polar surface area (TPSA) is 58.7 Å². The van der Waals surface area contributed by atoms with Crippen LogP contribution < -0.4 is 0 Å². The summed E-state index contributed by atoms with van der Waals surface area (Å²) >= 11 is 1.76. The number of nitrogens with zero attached hydrogens (tertiary/aromatic N) is 3. The Morgan fingerprint density at radius 3 is 3.18 bits per heavy atom. The Balaban J connectivity index is 1.88. The van der Waals surface area contributed by atoms with Gasteiger partial charge in [-0.3, -0.25) is 15.1 Å². The third-order valence-electron chi connectivity index (χ3n) is 2.99. The highest BCUT2D eigenvalue weighted by Crippen LogP contribution is 2.33. The monoisotopic (exact) mass is 249 g/mol. The van der Waals surface area contributed by atoms with Crippen LogP contribution in [-0.2, 0) is 0 Å². The van der Waals surface area contributed by atoms with Crippen LogP contribution in [0.2, 0.25) is 0 Å². The molecule has 1 saturated heterocycles. The van der Waals surface area contributed by atoms with Gasteiger partial charge in [0.2, 0.25) is 0 Å². The molecule has 2 aliphatic heterocycles. The van der Waals surface area contributed by atoms with Gasteiger partial charge in [0, 0.05) is 31.0 Å². The third-order valence-corrected chi connectivity index (χ3v) is 4.00. The predicted molar refractivity (Wildman–Crippen MR) is 67.3 cm³/mol. The molecule has 1 fully saturated rings. The molecule has 0 aliphatic carbocycles. The Morgan fingerprint density at radius 1 is 1.53 bits per heavy atom. The van der Waals surface area contributed by atoms with Gasteiger partial charge in [-0.25, -0.2) is 0 Å². The molecular formula is C11H11N3O2S. The summed E-state index contributed by atoms with van der Waals surface area (Å²) in [7, 11) is 0. The predicted octanol–water partition coefficient (Wildman–Crippen LogP) is 2.05. The SMILES string of the molecule is O=[N+]([O-])c1cccc([C@@H]2CN3CCSC3=N2)c1. The van der Waals surface area contributed by atoms with Crippen LogP contribution in [0.25, 0.3) is 0 Å². The lowest BCUT2D eigenvalue weighted by atomic mass is 10.1. The molecule has 0 bridgehead atoms. The zero-order valence-electron chi connectivity index (χ0n) is 9.07. The average molecular weight is 249 g/mol. The molecule has 2 heterocycles. The molecule has 17 heavy (non-hydrogen) atoms. The van der Waals surface area contributed by atoms with Gasteiger partial charge in [0.25, 0.3) is 5.69 Å². The van der Waals surface area contributed by atoms with Crippen LogP contribution in [0.1, 0.15) is 11.6 Å². The molecular weight excluding hydrogens is 238 g/mol. The zero-order valence-corrected chi connectivity index (χ0v) is 9.89. The minimum atomic E-state index is -0.360. The van der Waals surface area contributed by atoms with E-state index >= 15 is 0 Å². The molecule has 0 saturated carbocycles. The summed E-state index contributed by atoms with van der Waals surface area (Å²) in [6.07, 6.45) is 0. The zero-order chi connectivity index (χ0) is 11.8. The normalized spacial score (nSPS) is 22.5. The van der Waals surface area contributed by atoms with Crippen LogP contribution in [-0.4, -0.2) is 33.8 Å². The number of amidine groups is 1. The average Bonchev–Trinajstić information content (AvgIpc) is 2.89. The number of benzene rings is 1. The van der Waals surface area contributed by atoms with E-state index in [1.165, 1.54) is 6.07 Å². The van der Waals surface area contributed by atoms with Crippen LogP contribution in [0.3, 0.4) is 0 Å². The van der Waals surface area contributed by atoms with Crippen LogP contribution in [0.5, 0.6) is 0 Å². The van der Waals surface area contributed by atoms with E-state index in [0.717, 1.165) is 29.6 Å². The smallest absolute Gasteiger partial charge is 0.269 e. The van der Waals surface area contributed by atoms with Crippen molar-refractivity contribution in [3.63, 3.8) is 0 Å². The van der Waals surface area contributed by atoms with Crippen molar-refractivity contribution in [1.82, 2.24) is 4.90 Å². The van der Waals surface area contributed by atoms with Crippen molar-refractivity contribution < 1.29 is 4.92 Å². The molecule has 88 valence electrons. The van der Waals surface area contributed by atoms with Gasteiger partial charge in [-0.05, 0) is 5.56 Å². The minimum Gasteiger partial charge on any atom is -0.348 e. The maximum atomic E-state index is 10.7. The fourth-order valence-corrected chi connectivity index (χ4v) is 3.18. The van der Waals surface area contributed by atoms with Gasteiger partial charge in [0.05, 0.1) is 11.0 Å². The molecule has 3 rings (SSSR count). The van der Waals surface area contributed by atoms with Gasteiger partial charge in [-0.1, -0.05) is 23.9 Å². The summed E-state index contributed by atoms with van der Waals surface area (Å²) < 4.78 is 0. The van der Waals surface area contributed by atoms with Gasteiger partial charge in [-0.2, -0.15) is 0 Å². The molecule has 1 aromatic carbocycles. The van der Waals surface area contributed by atoms with Crippen molar-refractivity contribution in [2.75, 3.05) is 18.8 Å². The van der Waals surface area contributed by atoms with Gasteiger partial charge >= 0.3 is 0 Å². The summed E-state index contributed by atoms with van der Waals surface area (Å²) in [5, 5.41) is 11.8. The van der Waals surface area contributed by atoms with Crippen LogP contribution in [0.15, 0.2) is 29.3 Å². The number of nitro groups is 1. The first-order valence-electron chi connectivity index (χ1n) is 5.44. The minimum absolute atomic E-state index is 0.0534. The maximum Gasteiger partial charge on any atom is 0.269 e. The van der Waals surface area contributed by atoms with Crippen molar-refractivity contribution in [3.8, 4) is 0 Å². The Bertz CT molecular complexity index is 503. The van der Waals surface area contributed by atoms with Crippen molar-refractivity contribution in [2.45, 2.75) is 6.04 Å². The lowest BCUT2D eigenvalue weighted by Gasteiger charge is -2.12. The van der Waals surface area contributed by atoms with Gasteiger partial charge in [0.15, 0.2) is 5.17 Å². The van der Waals surface area contributed by atoms with E-state index in [9.17, 15) is 10.1 Å². The van der Waals surface area contributed by atoms with Crippen LogP contribution >= 0.6 is 11.8 Å². The Hall–Kier alpha value is -1.56. The van der Waals surface area contributed by atoms with Gasteiger partial charge < -0.3 is 4.90 Å². The fourth-order valence-electron chi connectivity index (χ4n) is 2.13. The van der Waals surface area contributed by atoms with Gasteiger partial charge in [0.1, 0.15) is 0 Å². The largest absolute Gasteiger partial charge is 0.348 e. The summed E-state index contributed by atoms with van der Waals surface area (Å²) in [5.41, 5.74) is 1.07. The Morgan fingerprint density at radius 2 is 2.41 bits per heavy atom. The number of hydrogen-bond donors (Lipinski definition) is 0. The third kappa shape index (κ3) is 1.88. The lowest BCUT2D eigenvalue weighted by Crippen LogP contribution is -2.21. The highest BCUT2D eigenvalue weighted by atomic mass is 32.2. The molecule has 0 amide bonds. The Kier molecular flexibility index (Phi) is 2.51. The molecule has 0 radical (unpaired) electrons. The number of rotatable bonds is 2. The summed E-state index contributed by atoms with van der Waals surface area (Å²) in [4.78, 5) is 17.2. The fraction of sp³-hybridized carbons (Fsp3) is 0.364. The second kappa shape index (κ2) is 4.03. The van der Waals surface area contributed by atoms with E-state index in [2.05, 4.69) is 9.89 Å². The molecule has 0 spiro atoms. The quantitative estimate of drug-likeness (QED) is 0.594. The molecule has 5 nitrogen and oxygen atoms in total. The van der Waals surface area contributed by atoms with Crippen molar-refractivity contribution in [3.05, 3.63) is 39.9 Å². The number of fused-ring (bicyclic) bond motifs is 1. The highest BCUT2D eigenvalue weighted by Gasteiger charge is 2.30. The summed E-state index contributed by atoms with van der Waals surface area (Å²) in [6, 6.07) is 6.83. The van der Waals surface area contributed by atoms with Crippen LogP contribution in [0, 0.1) is 10.1 Å². The number of thioether (sulfide) groups is 1. The first-order chi connectivity index (χ1) is 8.24. The maximum absolute atomic E-state index is 10.7. The molecule has 6 heteroatoms. The number of aliphatic imine (C=N–C) groups is 1. The molecule has 0 aromatic heterocycles. The second-order valence-corrected chi connectivity index (χ2v) is 5.14. The van der Waals surface area contributed by atoms with Crippen molar-refractivity contribution in [1.29, 1.82) is 0 Å². The second-order valence-electron chi connectivity index (χ2n) is 4.07. The van der Waals surface area contributed by atoms with E-state index in [4.69, 9.17) is 0 Å². The van der Waals surface area contributed by atoms with Crippen LogP contribution in [0.4, 0.5) is 5.69 Å². The van der Waals surface area contributed by atoms with E-state index < -0.39 is 0 Å². The number of nitro benzene ring substituents is 1. The number of hydrogen-bond acceptors (Lipinski definition) is 5. The lowest BCUT2D eigenvalue weighted by molar-refractivity contribution is -0.384. The molecule has 1 atom stereocenters. The summed E-state index contributed by atoms with van der Waals surface area (Å²) in [6.45, 7) is 1.89. The van der Waals surface area contributed by atoms with E-state index in [-0.39, 0.29) is 16.7 Å². The van der Waals surface area contributed by atoms with Gasteiger partial charge in [-0.15, -0.1) is 0 Å². The van der Waals surface area contributed by atoms with E-state index in [1.54, 1.807) is 23.9 Å². The van der Waals surface area contributed by atoms with E-state index in [0.29, 0.717) is 0 Å². The molecule has 0 unspecified atom stereocenters. The summed E-state index contributed by atoms with van der Waals surface area (Å²) in [5.74, 6) is 1.10. The molecule has 1 aromatic rings. The van der Waals surface area contributed by atoms with Crippen molar-refractivity contribution in [2.24, 2.45) is 4.99 Å². The first-order valence-corrected chi connectivity index (χ1v) is 6.42. The first kappa shape index (κ1) is 10.6. The van der Waals surface area contributed by atoms with E-state index in [1.807, 2.05) is 6.07 Å². The number of non-ortho nitro benzene ring substituents is 1. The Labute approximate surface area is 103 Å². The molecule has 2 aliphatic rings. The molecule has 0 N–H and O–H groups in total.